The molecule has 2 aromatic rings. The first kappa shape index (κ1) is 17.5. The maximum Gasteiger partial charge on any atom is 0.410 e. The van der Waals surface area contributed by atoms with Crippen molar-refractivity contribution in [1.82, 2.24) is 4.90 Å². The standard InChI is InChI=1S/C21H24FNO2/c1-14-6-5-7-19(22)18(14)11-15-8-9-16-12-23(13-17(16)10-15)20(24)25-21(2,3)4/h5-10H,11-13H2,1-4H3. The number of fused-ring (bicyclic) bond motifs is 1. The molecule has 0 saturated carbocycles. The average molecular weight is 341 g/mol. The molecule has 0 bridgehead atoms. The van der Waals surface area contributed by atoms with Crippen LogP contribution >= 0.6 is 0 Å². The summed E-state index contributed by atoms with van der Waals surface area (Å²) in [5.74, 6) is -0.170. The monoisotopic (exact) mass is 341 g/mol. The summed E-state index contributed by atoms with van der Waals surface area (Å²) < 4.78 is 19.5. The van der Waals surface area contributed by atoms with Crippen molar-refractivity contribution in [2.24, 2.45) is 0 Å². The number of halogens is 1. The predicted molar refractivity (Wildman–Crippen MR) is 95.9 cm³/mol. The molecule has 1 aliphatic heterocycles. The van der Waals surface area contributed by atoms with Crippen LogP contribution in [0, 0.1) is 12.7 Å². The fourth-order valence-corrected chi connectivity index (χ4v) is 3.11. The topological polar surface area (TPSA) is 29.5 Å². The summed E-state index contributed by atoms with van der Waals surface area (Å²) in [7, 11) is 0. The number of nitrogens with zero attached hydrogens (tertiary/aromatic N) is 1. The average Bonchev–Trinajstić information content (AvgIpc) is 2.93. The number of carbonyl (C=O) groups excluding carboxylic acids is 1. The number of benzene rings is 2. The number of amides is 1. The molecule has 3 rings (SSSR count). The lowest BCUT2D eigenvalue weighted by Crippen LogP contribution is -2.33. The van der Waals surface area contributed by atoms with E-state index in [0.29, 0.717) is 19.5 Å². The van der Waals surface area contributed by atoms with Crippen molar-refractivity contribution < 1.29 is 13.9 Å². The van der Waals surface area contributed by atoms with Gasteiger partial charge in [0, 0.05) is 19.5 Å². The molecule has 0 fully saturated rings. The van der Waals surface area contributed by atoms with Gasteiger partial charge in [0.1, 0.15) is 11.4 Å². The Balaban J connectivity index is 1.75. The van der Waals surface area contributed by atoms with E-state index >= 15 is 0 Å². The Morgan fingerprint density at radius 2 is 1.88 bits per heavy atom. The molecule has 2 aromatic carbocycles. The molecule has 0 unspecified atom stereocenters. The van der Waals surface area contributed by atoms with Gasteiger partial charge in [-0.05, 0) is 61.6 Å². The molecular formula is C21H24FNO2. The molecule has 0 aromatic heterocycles. The Labute approximate surface area is 148 Å². The van der Waals surface area contributed by atoms with Crippen LogP contribution in [0.15, 0.2) is 36.4 Å². The first-order chi connectivity index (χ1) is 11.7. The van der Waals surface area contributed by atoms with Gasteiger partial charge in [0.25, 0.3) is 0 Å². The summed E-state index contributed by atoms with van der Waals surface area (Å²) in [5.41, 5.74) is 4.47. The van der Waals surface area contributed by atoms with Gasteiger partial charge >= 0.3 is 6.09 Å². The van der Waals surface area contributed by atoms with Crippen molar-refractivity contribution in [1.29, 1.82) is 0 Å². The normalized spacial score (nSPS) is 13.7. The van der Waals surface area contributed by atoms with Gasteiger partial charge < -0.3 is 4.74 Å². The van der Waals surface area contributed by atoms with E-state index in [9.17, 15) is 9.18 Å². The van der Waals surface area contributed by atoms with Crippen LogP contribution in [0.3, 0.4) is 0 Å². The molecule has 0 aliphatic carbocycles. The Bertz CT molecular complexity index is 788. The minimum Gasteiger partial charge on any atom is -0.444 e. The fraction of sp³-hybridized carbons (Fsp3) is 0.381. The Morgan fingerprint density at radius 1 is 1.16 bits per heavy atom. The lowest BCUT2D eigenvalue weighted by atomic mass is 9.97. The van der Waals surface area contributed by atoms with E-state index in [4.69, 9.17) is 4.74 Å². The second kappa shape index (κ2) is 6.51. The highest BCUT2D eigenvalue weighted by atomic mass is 19.1. The minimum atomic E-state index is -0.501. The molecule has 1 heterocycles. The largest absolute Gasteiger partial charge is 0.444 e. The lowest BCUT2D eigenvalue weighted by molar-refractivity contribution is 0.0242. The zero-order chi connectivity index (χ0) is 18.2. The van der Waals surface area contributed by atoms with Crippen LogP contribution < -0.4 is 0 Å². The first-order valence-electron chi connectivity index (χ1n) is 8.55. The summed E-state index contributed by atoms with van der Waals surface area (Å²) >= 11 is 0. The van der Waals surface area contributed by atoms with E-state index in [1.807, 2.05) is 45.9 Å². The van der Waals surface area contributed by atoms with Gasteiger partial charge in [0.15, 0.2) is 0 Å². The molecule has 0 radical (unpaired) electrons. The molecule has 0 spiro atoms. The van der Waals surface area contributed by atoms with Crippen LogP contribution in [0.1, 0.15) is 48.6 Å². The zero-order valence-corrected chi connectivity index (χ0v) is 15.2. The van der Waals surface area contributed by atoms with Crippen molar-refractivity contribution in [2.75, 3.05) is 0 Å². The Hall–Kier alpha value is -2.36. The third-order valence-electron chi connectivity index (χ3n) is 4.38. The van der Waals surface area contributed by atoms with E-state index in [2.05, 4.69) is 6.07 Å². The second-order valence-corrected chi connectivity index (χ2v) is 7.65. The van der Waals surface area contributed by atoms with Crippen molar-refractivity contribution in [3.05, 3.63) is 70.0 Å². The van der Waals surface area contributed by atoms with Crippen LogP contribution in [-0.2, 0) is 24.2 Å². The first-order valence-corrected chi connectivity index (χ1v) is 8.55. The predicted octanol–water partition coefficient (Wildman–Crippen LogP) is 4.98. The van der Waals surface area contributed by atoms with E-state index in [-0.39, 0.29) is 11.9 Å². The van der Waals surface area contributed by atoms with Gasteiger partial charge in [-0.3, -0.25) is 4.90 Å². The third kappa shape index (κ3) is 4.01. The molecule has 25 heavy (non-hydrogen) atoms. The molecule has 0 atom stereocenters. The summed E-state index contributed by atoms with van der Waals surface area (Å²) in [6.07, 6.45) is 0.258. The number of hydrogen-bond donors (Lipinski definition) is 0. The van der Waals surface area contributed by atoms with Gasteiger partial charge in [0.05, 0.1) is 0 Å². The number of rotatable bonds is 2. The van der Waals surface area contributed by atoms with Crippen molar-refractivity contribution in [2.45, 2.75) is 52.8 Å². The fourth-order valence-electron chi connectivity index (χ4n) is 3.11. The molecule has 1 amide bonds. The molecule has 1 aliphatic rings. The van der Waals surface area contributed by atoms with Gasteiger partial charge in [-0.15, -0.1) is 0 Å². The molecule has 0 N–H and O–H groups in total. The van der Waals surface area contributed by atoms with E-state index < -0.39 is 5.60 Å². The maximum absolute atomic E-state index is 14.1. The van der Waals surface area contributed by atoms with E-state index in [0.717, 1.165) is 27.8 Å². The van der Waals surface area contributed by atoms with Crippen molar-refractivity contribution in [3.8, 4) is 0 Å². The number of ether oxygens (including phenoxy) is 1. The van der Waals surface area contributed by atoms with Crippen LogP contribution in [0.2, 0.25) is 0 Å². The lowest BCUT2D eigenvalue weighted by Gasteiger charge is -2.24. The number of aryl methyl sites for hydroxylation is 1. The zero-order valence-electron chi connectivity index (χ0n) is 15.2. The van der Waals surface area contributed by atoms with Crippen molar-refractivity contribution >= 4 is 6.09 Å². The van der Waals surface area contributed by atoms with Crippen LogP contribution in [-0.4, -0.2) is 16.6 Å². The van der Waals surface area contributed by atoms with E-state index in [1.165, 1.54) is 6.07 Å². The van der Waals surface area contributed by atoms with Crippen molar-refractivity contribution in [3.63, 3.8) is 0 Å². The van der Waals surface area contributed by atoms with Gasteiger partial charge in [0.2, 0.25) is 0 Å². The quantitative estimate of drug-likeness (QED) is 0.771. The van der Waals surface area contributed by atoms with Gasteiger partial charge in [-0.2, -0.15) is 0 Å². The smallest absolute Gasteiger partial charge is 0.410 e. The Morgan fingerprint density at radius 3 is 2.56 bits per heavy atom. The molecule has 0 saturated heterocycles. The number of hydrogen-bond acceptors (Lipinski definition) is 2. The highest BCUT2D eigenvalue weighted by Crippen LogP contribution is 2.27. The molecule has 4 heteroatoms. The molecule has 3 nitrogen and oxygen atoms in total. The van der Waals surface area contributed by atoms with Crippen LogP contribution in [0.4, 0.5) is 9.18 Å². The third-order valence-corrected chi connectivity index (χ3v) is 4.38. The maximum atomic E-state index is 14.1. The van der Waals surface area contributed by atoms with E-state index in [1.54, 1.807) is 11.0 Å². The SMILES string of the molecule is Cc1cccc(F)c1Cc1ccc2c(c1)CN(C(=O)OC(C)(C)C)C2. The number of carbonyl (C=O) groups is 1. The highest BCUT2D eigenvalue weighted by molar-refractivity contribution is 5.69. The Kier molecular flexibility index (Phi) is 4.55. The summed E-state index contributed by atoms with van der Waals surface area (Å²) in [6.45, 7) is 8.61. The van der Waals surface area contributed by atoms with Crippen LogP contribution in [0.5, 0.6) is 0 Å². The molecular weight excluding hydrogens is 317 g/mol. The second-order valence-electron chi connectivity index (χ2n) is 7.65. The molecule has 132 valence electrons. The summed E-state index contributed by atoms with van der Waals surface area (Å²) in [5, 5.41) is 0. The van der Waals surface area contributed by atoms with Gasteiger partial charge in [-0.1, -0.05) is 30.3 Å². The van der Waals surface area contributed by atoms with Gasteiger partial charge in [-0.25, -0.2) is 9.18 Å². The minimum absolute atomic E-state index is 0.170. The highest BCUT2D eigenvalue weighted by Gasteiger charge is 2.27. The summed E-state index contributed by atoms with van der Waals surface area (Å²) in [4.78, 5) is 14.0. The van der Waals surface area contributed by atoms with Crippen LogP contribution in [0.25, 0.3) is 0 Å². The summed E-state index contributed by atoms with van der Waals surface area (Å²) in [6, 6.07) is 11.3.